The monoisotopic (exact) mass is 186 g/mol. The second-order valence-electron chi connectivity index (χ2n) is 4.11. The molecule has 0 aromatic rings. The van der Waals surface area contributed by atoms with Crippen LogP contribution in [0.5, 0.6) is 0 Å². The van der Waals surface area contributed by atoms with E-state index in [9.17, 15) is 4.79 Å². The Balaban J connectivity index is 2.40. The number of ketones is 1. The Bertz CT molecular complexity index is 165. The van der Waals surface area contributed by atoms with Gasteiger partial charge in [-0.1, -0.05) is 20.8 Å². The van der Waals surface area contributed by atoms with Crippen LogP contribution in [0.4, 0.5) is 0 Å². The molecule has 0 aromatic carbocycles. The minimum atomic E-state index is 0.312. The molecular weight excluding hydrogens is 168 g/mol. The summed E-state index contributed by atoms with van der Waals surface area (Å²) < 4.78 is 0. The van der Waals surface area contributed by atoms with E-state index in [0.29, 0.717) is 22.9 Å². The van der Waals surface area contributed by atoms with Crippen LogP contribution in [0.25, 0.3) is 0 Å². The number of carbonyl (C=O) groups is 1. The van der Waals surface area contributed by atoms with Gasteiger partial charge in [0.2, 0.25) is 0 Å². The van der Waals surface area contributed by atoms with E-state index in [1.54, 1.807) is 0 Å². The highest BCUT2D eigenvalue weighted by Gasteiger charge is 2.30. The molecule has 1 aliphatic rings. The van der Waals surface area contributed by atoms with Gasteiger partial charge in [-0.3, -0.25) is 4.79 Å². The van der Waals surface area contributed by atoms with Gasteiger partial charge in [-0.2, -0.15) is 0 Å². The van der Waals surface area contributed by atoms with E-state index in [2.05, 4.69) is 20.8 Å². The standard InChI is InChI=1S/C10H18OS/c1-7(2)6-8(3)10-9(11)4-5-12-10/h7-8,10H,4-6H2,1-3H3. The van der Waals surface area contributed by atoms with Gasteiger partial charge in [0.25, 0.3) is 0 Å². The van der Waals surface area contributed by atoms with E-state index in [1.807, 2.05) is 11.8 Å². The summed E-state index contributed by atoms with van der Waals surface area (Å²) >= 11 is 1.85. The van der Waals surface area contributed by atoms with Crippen LogP contribution in [-0.4, -0.2) is 16.8 Å². The molecule has 1 nitrogen and oxygen atoms in total. The topological polar surface area (TPSA) is 17.1 Å². The van der Waals surface area contributed by atoms with Gasteiger partial charge in [0.15, 0.2) is 0 Å². The van der Waals surface area contributed by atoms with Crippen LogP contribution in [0.15, 0.2) is 0 Å². The molecule has 2 atom stereocenters. The molecule has 0 aliphatic carbocycles. The zero-order valence-electron chi connectivity index (χ0n) is 8.17. The third-order valence-corrected chi connectivity index (χ3v) is 3.85. The van der Waals surface area contributed by atoms with Crippen molar-refractivity contribution < 1.29 is 4.79 Å². The minimum Gasteiger partial charge on any atom is -0.298 e. The van der Waals surface area contributed by atoms with Gasteiger partial charge in [-0.25, -0.2) is 0 Å². The predicted octanol–water partition coefficient (Wildman–Crippen LogP) is 2.74. The molecule has 1 aliphatic heterocycles. The number of rotatable bonds is 3. The number of hydrogen-bond donors (Lipinski definition) is 0. The second-order valence-corrected chi connectivity index (χ2v) is 5.36. The highest BCUT2D eigenvalue weighted by molar-refractivity contribution is 8.01. The Morgan fingerprint density at radius 3 is 2.58 bits per heavy atom. The first-order chi connectivity index (χ1) is 5.61. The molecule has 0 N–H and O–H groups in total. The molecule has 2 unspecified atom stereocenters. The lowest BCUT2D eigenvalue weighted by Gasteiger charge is -2.18. The average molecular weight is 186 g/mol. The van der Waals surface area contributed by atoms with E-state index in [4.69, 9.17) is 0 Å². The van der Waals surface area contributed by atoms with Crippen molar-refractivity contribution in [3.05, 3.63) is 0 Å². The first-order valence-corrected chi connectivity index (χ1v) is 5.80. The molecule has 0 saturated carbocycles. The van der Waals surface area contributed by atoms with Crippen molar-refractivity contribution in [1.29, 1.82) is 0 Å². The molecule has 1 saturated heterocycles. The van der Waals surface area contributed by atoms with Gasteiger partial charge in [-0.15, -0.1) is 11.8 Å². The normalized spacial score (nSPS) is 26.7. The lowest BCUT2D eigenvalue weighted by Crippen LogP contribution is -2.21. The average Bonchev–Trinajstić information content (AvgIpc) is 2.33. The number of thioether (sulfide) groups is 1. The van der Waals surface area contributed by atoms with E-state index in [-0.39, 0.29) is 0 Å². The lowest BCUT2D eigenvalue weighted by atomic mass is 9.93. The van der Waals surface area contributed by atoms with Crippen LogP contribution in [0, 0.1) is 11.8 Å². The van der Waals surface area contributed by atoms with Crippen molar-refractivity contribution in [2.45, 2.75) is 38.9 Å². The van der Waals surface area contributed by atoms with Crippen molar-refractivity contribution >= 4 is 17.5 Å². The molecule has 0 amide bonds. The van der Waals surface area contributed by atoms with E-state index in [1.165, 1.54) is 6.42 Å². The molecule has 1 heterocycles. The van der Waals surface area contributed by atoms with Crippen LogP contribution in [0.3, 0.4) is 0 Å². The maximum Gasteiger partial charge on any atom is 0.146 e. The zero-order valence-corrected chi connectivity index (χ0v) is 8.99. The van der Waals surface area contributed by atoms with Crippen molar-refractivity contribution in [2.24, 2.45) is 11.8 Å². The van der Waals surface area contributed by atoms with E-state index < -0.39 is 0 Å². The van der Waals surface area contributed by atoms with Crippen molar-refractivity contribution in [3.63, 3.8) is 0 Å². The largest absolute Gasteiger partial charge is 0.298 e. The smallest absolute Gasteiger partial charge is 0.146 e. The Hall–Kier alpha value is 0.0200. The predicted molar refractivity (Wildman–Crippen MR) is 54.5 cm³/mol. The maximum absolute atomic E-state index is 11.4. The number of hydrogen-bond acceptors (Lipinski definition) is 2. The Labute approximate surface area is 79.3 Å². The van der Waals surface area contributed by atoms with Gasteiger partial charge >= 0.3 is 0 Å². The van der Waals surface area contributed by atoms with Gasteiger partial charge in [-0.05, 0) is 18.3 Å². The summed E-state index contributed by atoms with van der Waals surface area (Å²) in [6, 6.07) is 0. The summed E-state index contributed by atoms with van der Waals surface area (Å²) in [6.45, 7) is 6.65. The van der Waals surface area contributed by atoms with Crippen molar-refractivity contribution in [2.75, 3.05) is 5.75 Å². The fraction of sp³-hybridized carbons (Fsp3) is 0.900. The molecule has 1 fully saturated rings. The molecule has 0 spiro atoms. The Morgan fingerprint density at radius 1 is 1.50 bits per heavy atom. The van der Waals surface area contributed by atoms with E-state index >= 15 is 0 Å². The molecule has 12 heavy (non-hydrogen) atoms. The summed E-state index contributed by atoms with van der Waals surface area (Å²) in [4.78, 5) is 11.4. The minimum absolute atomic E-state index is 0.312. The third kappa shape index (κ3) is 2.51. The van der Waals surface area contributed by atoms with Crippen molar-refractivity contribution in [3.8, 4) is 0 Å². The maximum atomic E-state index is 11.4. The quantitative estimate of drug-likeness (QED) is 0.674. The zero-order chi connectivity index (χ0) is 9.14. The highest BCUT2D eigenvalue weighted by Crippen LogP contribution is 2.32. The SMILES string of the molecule is CC(C)CC(C)C1SCCC1=O. The van der Waals surface area contributed by atoms with Crippen LogP contribution in [0.1, 0.15) is 33.6 Å². The van der Waals surface area contributed by atoms with Gasteiger partial charge in [0, 0.05) is 12.2 Å². The fourth-order valence-corrected chi connectivity index (χ4v) is 3.19. The molecule has 2 heteroatoms. The first-order valence-electron chi connectivity index (χ1n) is 4.75. The van der Waals surface area contributed by atoms with Crippen molar-refractivity contribution in [1.82, 2.24) is 0 Å². The fourth-order valence-electron chi connectivity index (χ4n) is 1.87. The summed E-state index contributed by atoms with van der Waals surface area (Å²) in [6.07, 6.45) is 1.99. The molecule has 0 bridgehead atoms. The summed E-state index contributed by atoms with van der Waals surface area (Å²) in [5, 5.41) is 0.312. The van der Waals surface area contributed by atoms with Crippen LogP contribution in [0.2, 0.25) is 0 Å². The summed E-state index contributed by atoms with van der Waals surface area (Å²) in [7, 11) is 0. The van der Waals surface area contributed by atoms with Gasteiger partial charge in [0.1, 0.15) is 5.78 Å². The highest BCUT2D eigenvalue weighted by atomic mass is 32.2. The lowest BCUT2D eigenvalue weighted by molar-refractivity contribution is -0.118. The number of carbonyl (C=O) groups excluding carboxylic acids is 1. The van der Waals surface area contributed by atoms with Gasteiger partial charge in [0.05, 0.1) is 5.25 Å². The summed E-state index contributed by atoms with van der Waals surface area (Å²) in [5.41, 5.74) is 0. The molecule has 0 radical (unpaired) electrons. The van der Waals surface area contributed by atoms with Crippen LogP contribution >= 0.6 is 11.8 Å². The first kappa shape index (κ1) is 10.1. The molecule has 1 rings (SSSR count). The Kier molecular flexibility index (Phi) is 3.63. The third-order valence-electron chi connectivity index (χ3n) is 2.32. The Morgan fingerprint density at radius 2 is 2.17 bits per heavy atom. The summed E-state index contributed by atoms with van der Waals surface area (Å²) in [5.74, 6) is 2.82. The van der Waals surface area contributed by atoms with Crippen LogP contribution in [-0.2, 0) is 4.79 Å². The second kappa shape index (κ2) is 4.31. The molecule has 0 aromatic heterocycles. The molecule has 70 valence electrons. The van der Waals surface area contributed by atoms with Gasteiger partial charge < -0.3 is 0 Å². The number of Topliss-reactive ketones (excluding diaryl/α,β-unsaturated/α-hetero) is 1. The van der Waals surface area contributed by atoms with Crippen LogP contribution < -0.4 is 0 Å². The molecular formula is C10H18OS. The van der Waals surface area contributed by atoms with E-state index in [0.717, 1.165) is 12.2 Å².